The van der Waals surface area contributed by atoms with E-state index in [4.69, 9.17) is 5.26 Å². The van der Waals surface area contributed by atoms with E-state index in [1.54, 1.807) is 0 Å². The molecule has 1 aliphatic heterocycles. The highest BCUT2D eigenvalue weighted by molar-refractivity contribution is 7.99. The van der Waals surface area contributed by atoms with Crippen molar-refractivity contribution < 1.29 is 0 Å². The molecule has 2 aliphatic rings. The fraction of sp³-hybridized carbons (Fsp3) is 0.900. The Morgan fingerprint density at radius 1 is 1.46 bits per heavy atom. The van der Waals surface area contributed by atoms with Crippen LogP contribution in [0.4, 0.5) is 0 Å². The van der Waals surface area contributed by atoms with Crippen LogP contribution in [0.5, 0.6) is 0 Å². The van der Waals surface area contributed by atoms with E-state index in [2.05, 4.69) is 11.4 Å². The smallest absolute Gasteiger partial charge is 0.0989 e. The molecule has 0 radical (unpaired) electrons. The van der Waals surface area contributed by atoms with Gasteiger partial charge in [-0.2, -0.15) is 17.0 Å². The van der Waals surface area contributed by atoms with Crippen LogP contribution < -0.4 is 5.32 Å². The van der Waals surface area contributed by atoms with E-state index < -0.39 is 0 Å². The van der Waals surface area contributed by atoms with Crippen LogP contribution in [0.2, 0.25) is 0 Å². The molecule has 0 aromatic heterocycles. The van der Waals surface area contributed by atoms with Crippen LogP contribution in [0.1, 0.15) is 19.3 Å². The van der Waals surface area contributed by atoms with Gasteiger partial charge in [-0.05, 0) is 49.1 Å². The predicted octanol–water partition coefficient (Wildman–Crippen LogP) is 1.63. The van der Waals surface area contributed by atoms with Gasteiger partial charge in [0.15, 0.2) is 0 Å². The summed E-state index contributed by atoms with van der Waals surface area (Å²) in [6.45, 7) is 1.07. The Balaban J connectivity index is 1.74. The zero-order valence-corrected chi connectivity index (χ0v) is 8.65. The van der Waals surface area contributed by atoms with E-state index in [1.807, 2.05) is 11.8 Å². The van der Waals surface area contributed by atoms with E-state index in [1.165, 1.54) is 30.8 Å². The van der Waals surface area contributed by atoms with Crippen molar-refractivity contribution >= 4 is 11.8 Å². The third kappa shape index (κ3) is 2.62. The highest BCUT2D eigenvalue weighted by Gasteiger charge is 2.27. The lowest BCUT2D eigenvalue weighted by atomic mass is 10.0. The molecule has 1 saturated carbocycles. The average Bonchev–Trinajstić information content (AvgIpc) is 2.81. The topological polar surface area (TPSA) is 35.8 Å². The van der Waals surface area contributed by atoms with Gasteiger partial charge in [-0.3, -0.25) is 0 Å². The Morgan fingerprint density at radius 3 is 2.85 bits per heavy atom. The number of thioether (sulfide) groups is 1. The largest absolute Gasteiger partial charge is 0.301 e. The minimum atomic E-state index is 0.121. The summed E-state index contributed by atoms with van der Waals surface area (Å²) in [7, 11) is 0. The van der Waals surface area contributed by atoms with Crippen LogP contribution in [0.3, 0.4) is 0 Å². The highest BCUT2D eigenvalue weighted by atomic mass is 32.2. The summed E-state index contributed by atoms with van der Waals surface area (Å²) < 4.78 is 0. The Kier molecular flexibility index (Phi) is 3.13. The van der Waals surface area contributed by atoms with E-state index in [9.17, 15) is 0 Å². The molecule has 2 atom stereocenters. The van der Waals surface area contributed by atoms with Gasteiger partial charge in [0.05, 0.1) is 12.1 Å². The Bertz CT molecular complexity index is 201. The second kappa shape index (κ2) is 4.34. The molecule has 2 rings (SSSR count). The molecule has 0 aromatic carbocycles. The Labute approximate surface area is 84.1 Å². The monoisotopic (exact) mass is 196 g/mol. The molecule has 72 valence electrons. The van der Waals surface area contributed by atoms with Crippen LogP contribution in [-0.4, -0.2) is 24.1 Å². The zero-order chi connectivity index (χ0) is 9.10. The molecule has 0 amide bonds. The summed E-state index contributed by atoms with van der Waals surface area (Å²) >= 11 is 1.98. The highest BCUT2D eigenvalue weighted by Crippen LogP contribution is 2.29. The standard InChI is InChI=1S/C10H16N2S/c11-5-10(9-3-4-13-7-9)12-6-8-1-2-8/h8-10,12H,1-4,6-7H2. The van der Waals surface area contributed by atoms with Crippen LogP contribution >= 0.6 is 11.8 Å². The minimum Gasteiger partial charge on any atom is -0.301 e. The Morgan fingerprint density at radius 2 is 2.31 bits per heavy atom. The second-order valence-corrected chi connectivity index (χ2v) is 5.23. The molecule has 1 heterocycles. The lowest BCUT2D eigenvalue weighted by Crippen LogP contribution is -2.36. The second-order valence-electron chi connectivity index (χ2n) is 4.08. The van der Waals surface area contributed by atoms with Gasteiger partial charge in [-0.1, -0.05) is 0 Å². The third-order valence-corrected chi connectivity index (χ3v) is 4.09. The summed E-state index contributed by atoms with van der Waals surface area (Å²) in [5, 5.41) is 12.4. The third-order valence-electron chi connectivity index (χ3n) is 2.90. The van der Waals surface area contributed by atoms with Gasteiger partial charge in [0.1, 0.15) is 0 Å². The zero-order valence-electron chi connectivity index (χ0n) is 7.83. The van der Waals surface area contributed by atoms with E-state index in [0.29, 0.717) is 5.92 Å². The molecule has 2 fully saturated rings. The van der Waals surface area contributed by atoms with Crippen molar-refractivity contribution in [3.63, 3.8) is 0 Å². The molecule has 0 bridgehead atoms. The minimum absolute atomic E-state index is 0.121. The van der Waals surface area contributed by atoms with Crippen molar-refractivity contribution in [3.05, 3.63) is 0 Å². The molecule has 0 aromatic rings. The van der Waals surface area contributed by atoms with Crippen LogP contribution in [0.15, 0.2) is 0 Å². The molecule has 2 nitrogen and oxygen atoms in total. The first kappa shape index (κ1) is 9.36. The number of hydrogen-bond acceptors (Lipinski definition) is 3. The first-order chi connectivity index (χ1) is 6.40. The maximum absolute atomic E-state index is 9.00. The molecule has 1 N–H and O–H groups in total. The first-order valence-corrected chi connectivity index (χ1v) is 6.26. The number of nitrogens with zero attached hydrogens (tertiary/aromatic N) is 1. The van der Waals surface area contributed by atoms with Crippen LogP contribution in [0.25, 0.3) is 0 Å². The predicted molar refractivity (Wildman–Crippen MR) is 55.6 cm³/mol. The van der Waals surface area contributed by atoms with Gasteiger partial charge in [-0.25, -0.2) is 0 Å². The first-order valence-electron chi connectivity index (χ1n) is 5.11. The number of nitriles is 1. The molecule has 1 saturated heterocycles. The lowest BCUT2D eigenvalue weighted by Gasteiger charge is -2.16. The molecular formula is C10H16N2S. The summed E-state index contributed by atoms with van der Waals surface area (Å²) in [4.78, 5) is 0. The molecule has 2 unspecified atom stereocenters. The fourth-order valence-electron chi connectivity index (χ4n) is 1.75. The summed E-state index contributed by atoms with van der Waals surface area (Å²) in [5.74, 6) is 3.91. The lowest BCUT2D eigenvalue weighted by molar-refractivity contribution is 0.442. The molecule has 13 heavy (non-hydrogen) atoms. The number of nitrogens with one attached hydrogen (secondary N) is 1. The van der Waals surface area contributed by atoms with Gasteiger partial charge in [0.25, 0.3) is 0 Å². The van der Waals surface area contributed by atoms with E-state index in [-0.39, 0.29) is 6.04 Å². The van der Waals surface area contributed by atoms with Crippen molar-refractivity contribution in [1.29, 1.82) is 5.26 Å². The van der Waals surface area contributed by atoms with Gasteiger partial charge in [0, 0.05) is 0 Å². The SMILES string of the molecule is N#CC(NCC1CC1)C1CCSC1. The Hall–Kier alpha value is -0.200. The van der Waals surface area contributed by atoms with E-state index in [0.717, 1.165) is 12.5 Å². The summed E-state index contributed by atoms with van der Waals surface area (Å²) in [6, 6.07) is 2.52. The van der Waals surface area contributed by atoms with Crippen molar-refractivity contribution in [1.82, 2.24) is 5.32 Å². The maximum atomic E-state index is 9.00. The van der Waals surface area contributed by atoms with Crippen molar-refractivity contribution in [2.24, 2.45) is 11.8 Å². The fourth-order valence-corrected chi connectivity index (χ4v) is 3.05. The van der Waals surface area contributed by atoms with Crippen molar-refractivity contribution in [2.75, 3.05) is 18.1 Å². The average molecular weight is 196 g/mol. The normalized spacial score (nSPS) is 29.9. The maximum Gasteiger partial charge on any atom is 0.0989 e. The van der Waals surface area contributed by atoms with E-state index >= 15 is 0 Å². The number of hydrogen-bond donors (Lipinski definition) is 1. The summed E-state index contributed by atoms with van der Waals surface area (Å²) in [5.41, 5.74) is 0. The van der Waals surface area contributed by atoms with Crippen LogP contribution in [-0.2, 0) is 0 Å². The van der Waals surface area contributed by atoms with Crippen molar-refractivity contribution in [3.8, 4) is 6.07 Å². The molecular weight excluding hydrogens is 180 g/mol. The number of rotatable bonds is 4. The van der Waals surface area contributed by atoms with Gasteiger partial charge in [-0.15, -0.1) is 0 Å². The van der Waals surface area contributed by atoms with Gasteiger partial charge in [0.2, 0.25) is 0 Å². The summed E-state index contributed by atoms with van der Waals surface area (Å²) in [6.07, 6.45) is 3.95. The quantitative estimate of drug-likeness (QED) is 0.742. The molecule has 1 aliphatic carbocycles. The van der Waals surface area contributed by atoms with Gasteiger partial charge < -0.3 is 5.32 Å². The van der Waals surface area contributed by atoms with Gasteiger partial charge >= 0.3 is 0 Å². The molecule has 3 heteroatoms. The van der Waals surface area contributed by atoms with Crippen LogP contribution in [0, 0.1) is 23.2 Å². The molecule has 0 spiro atoms. The van der Waals surface area contributed by atoms with Crippen molar-refractivity contribution in [2.45, 2.75) is 25.3 Å².